The minimum Gasteiger partial charge on any atom is -0.506 e. The van der Waals surface area contributed by atoms with Gasteiger partial charge < -0.3 is 14.6 Å². The molecular formula is C10H11NO4. The van der Waals surface area contributed by atoms with Crippen molar-refractivity contribution in [1.29, 1.82) is 0 Å². The number of benzene rings is 1. The maximum absolute atomic E-state index is 11.5. The van der Waals surface area contributed by atoms with Gasteiger partial charge in [-0.05, 0) is 12.1 Å². The molecule has 0 aliphatic carbocycles. The van der Waals surface area contributed by atoms with Crippen molar-refractivity contribution in [2.75, 3.05) is 25.3 Å². The van der Waals surface area contributed by atoms with Crippen molar-refractivity contribution in [3.8, 4) is 11.5 Å². The van der Waals surface area contributed by atoms with Crippen LogP contribution < -0.4 is 9.64 Å². The molecule has 1 amide bonds. The number of carbonyl (C=O) groups is 1. The fourth-order valence-electron chi connectivity index (χ4n) is 1.51. The van der Waals surface area contributed by atoms with Gasteiger partial charge in [0.1, 0.15) is 23.9 Å². The van der Waals surface area contributed by atoms with Crippen molar-refractivity contribution < 1.29 is 19.4 Å². The van der Waals surface area contributed by atoms with E-state index in [4.69, 9.17) is 9.47 Å². The van der Waals surface area contributed by atoms with E-state index in [1.807, 2.05) is 0 Å². The van der Waals surface area contributed by atoms with Crippen LogP contribution in [0.25, 0.3) is 0 Å². The molecule has 80 valence electrons. The summed E-state index contributed by atoms with van der Waals surface area (Å²) in [6.45, 7) is 0.0760. The fourth-order valence-corrected chi connectivity index (χ4v) is 1.51. The number of methoxy groups -OCH3 is 1. The standard InChI is InChI=1S/C10H11NO4/c1-14-6-11-9(13)5-15-8-4-2-3-7(12)10(8)11/h2-4,12H,5-6H2,1H3. The smallest absolute Gasteiger partial charge is 0.267 e. The second-order valence-electron chi connectivity index (χ2n) is 3.15. The van der Waals surface area contributed by atoms with Crippen molar-refractivity contribution in [2.24, 2.45) is 0 Å². The lowest BCUT2D eigenvalue weighted by molar-refractivity contribution is -0.122. The van der Waals surface area contributed by atoms with Crippen molar-refractivity contribution in [2.45, 2.75) is 0 Å². The fraction of sp³-hybridized carbons (Fsp3) is 0.300. The molecule has 0 spiro atoms. The maximum Gasteiger partial charge on any atom is 0.267 e. The van der Waals surface area contributed by atoms with Gasteiger partial charge in [0.25, 0.3) is 5.91 Å². The molecule has 0 radical (unpaired) electrons. The number of phenolic OH excluding ortho intramolecular Hbond substituents is 1. The van der Waals surface area contributed by atoms with Crippen LogP contribution in [0.1, 0.15) is 0 Å². The molecule has 1 N–H and O–H groups in total. The van der Waals surface area contributed by atoms with E-state index in [1.54, 1.807) is 12.1 Å². The summed E-state index contributed by atoms with van der Waals surface area (Å²) in [5.74, 6) is 0.273. The molecule has 1 aromatic rings. The number of ether oxygens (including phenoxy) is 2. The lowest BCUT2D eigenvalue weighted by Crippen LogP contribution is -2.39. The summed E-state index contributed by atoms with van der Waals surface area (Å²) in [5, 5.41) is 9.64. The highest BCUT2D eigenvalue weighted by Crippen LogP contribution is 2.39. The summed E-state index contributed by atoms with van der Waals surface area (Å²) < 4.78 is 10.1. The molecule has 1 aromatic carbocycles. The van der Waals surface area contributed by atoms with Gasteiger partial charge in [0, 0.05) is 7.11 Å². The number of fused-ring (bicyclic) bond motifs is 1. The van der Waals surface area contributed by atoms with E-state index in [9.17, 15) is 9.90 Å². The second-order valence-corrected chi connectivity index (χ2v) is 3.15. The van der Waals surface area contributed by atoms with E-state index in [0.717, 1.165) is 0 Å². The van der Waals surface area contributed by atoms with E-state index < -0.39 is 0 Å². The van der Waals surface area contributed by atoms with Crippen molar-refractivity contribution >= 4 is 11.6 Å². The molecule has 0 saturated carbocycles. The lowest BCUT2D eigenvalue weighted by atomic mass is 10.2. The van der Waals surface area contributed by atoms with Crippen LogP contribution >= 0.6 is 0 Å². The summed E-state index contributed by atoms with van der Waals surface area (Å²) in [6, 6.07) is 4.86. The first-order valence-electron chi connectivity index (χ1n) is 4.48. The van der Waals surface area contributed by atoms with Gasteiger partial charge in [0.05, 0.1) is 0 Å². The molecule has 0 fully saturated rings. The molecule has 1 aliphatic rings. The number of hydrogen-bond donors (Lipinski definition) is 1. The van der Waals surface area contributed by atoms with Gasteiger partial charge in [-0.2, -0.15) is 0 Å². The Morgan fingerprint density at radius 3 is 3.13 bits per heavy atom. The summed E-state index contributed by atoms with van der Waals surface area (Å²) in [6.07, 6.45) is 0. The number of amides is 1. The third-order valence-corrected chi connectivity index (χ3v) is 2.16. The Labute approximate surface area is 86.8 Å². The van der Waals surface area contributed by atoms with Crippen molar-refractivity contribution in [3.63, 3.8) is 0 Å². The van der Waals surface area contributed by atoms with Crippen LogP contribution in [0.5, 0.6) is 11.5 Å². The van der Waals surface area contributed by atoms with Crippen LogP contribution in [-0.2, 0) is 9.53 Å². The van der Waals surface area contributed by atoms with Gasteiger partial charge in [-0.15, -0.1) is 0 Å². The van der Waals surface area contributed by atoms with E-state index in [1.165, 1.54) is 18.1 Å². The summed E-state index contributed by atoms with van der Waals surface area (Å²) in [4.78, 5) is 12.9. The van der Waals surface area contributed by atoms with Gasteiger partial charge in [0.2, 0.25) is 0 Å². The van der Waals surface area contributed by atoms with Crippen LogP contribution in [0.4, 0.5) is 5.69 Å². The zero-order valence-corrected chi connectivity index (χ0v) is 8.27. The Morgan fingerprint density at radius 2 is 2.40 bits per heavy atom. The van der Waals surface area contributed by atoms with Crippen LogP contribution in [-0.4, -0.2) is 31.5 Å². The van der Waals surface area contributed by atoms with Gasteiger partial charge in [-0.25, -0.2) is 0 Å². The molecular weight excluding hydrogens is 198 g/mol. The monoisotopic (exact) mass is 209 g/mol. The SMILES string of the molecule is COCN1C(=O)COc2cccc(O)c21. The minimum atomic E-state index is -0.231. The molecule has 5 heteroatoms. The lowest BCUT2D eigenvalue weighted by Gasteiger charge is -2.28. The second kappa shape index (κ2) is 3.78. The van der Waals surface area contributed by atoms with Crippen LogP contribution in [0, 0.1) is 0 Å². The van der Waals surface area contributed by atoms with Gasteiger partial charge >= 0.3 is 0 Å². The highest BCUT2D eigenvalue weighted by atomic mass is 16.5. The summed E-state index contributed by atoms with van der Waals surface area (Å²) in [5.41, 5.74) is 0.371. The minimum absolute atomic E-state index is 0.0117. The third-order valence-electron chi connectivity index (χ3n) is 2.16. The number of para-hydroxylation sites is 1. The molecule has 0 aromatic heterocycles. The highest BCUT2D eigenvalue weighted by molar-refractivity contribution is 5.99. The average Bonchev–Trinajstić information content (AvgIpc) is 2.23. The van der Waals surface area contributed by atoms with Gasteiger partial charge in [-0.3, -0.25) is 9.69 Å². The van der Waals surface area contributed by atoms with Crippen LogP contribution in [0.15, 0.2) is 18.2 Å². The Morgan fingerprint density at radius 1 is 1.60 bits per heavy atom. The molecule has 0 saturated heterocycles. The van der Waals surface area contributed by atoms with Crippen molar-refractivity contribution in [1.82, 2.24) is 0 Å². The first-order chi connectivity index (χ1) is 7.24. The number of aromatic hydroxyl groups is 1. The molecule has 1 heterocycles. The highest BCUT2D eigenvalue weighted by Gasteiger charge is 2.27. The number of phenols is 1. The van der Waals surface area contributed by atoms with E-state index in [0.29, 0.717) is 11.4 Å². The number of carbonyl (C=O) groups excluding carboxylic acids is 1. The molecule has 1 aliphatic heterocycles. The Bertz CT molecular complexity index is 391. The predicted molar refractivity (Wildman–Crippen MR) is 53.0 cm³/mol. The van der Waals surface area contributed by atoms with Crippen LogP contribution in [0.3, 0.4) is 0 Å². The van der Waals surface area contributed by atoms with Crippen molar-refractivity contribution in [3.05, 3.63) is 18.2 Å². The molecule has 5 nitrogen and oxygen atoms in total. The van der Waals surface area contributed by atoms with E-state index in [2.05, 4.69) is 0 Å². The topological polar surface area (TPSA) is 59.0 Å². The maximum atomic E-state index is 11.5. The Hall–Kier alpha value is -1.75. The molecule has 15 heavy (non-hydrogen) atoms. The Balaban J connectivity index is 2.45. The zero-order valence-electron chi connectivity index (χ0n) is 8.27. The van der Waals surface area contributed by atoms with Gasteiger partial charge in [0.15, 0.2) is 6.61 Å². The third kappa shape index (κ3) is 1.61. The predicted octanol–water partition coefficient (Wildman–Crippen LogP) is 0.721. The summed E-state index contributed by atoms with van der Waals surface area (Å²) in [7, 11) is 1.49. The molecule has 2 rings (SSSR count). The molecule has 0 bridgehead atoms. The van der Waals surface area contributed by atoms with E-state index in [-0.39, 0.29) is 25.0 Å². The first-order valence-corrected chi connectivity index (χ1v) is 4.48. The molecule has 0 unspecified atom stereocenters. The molecule has 0 atom stereocenters. The zero-order chi connectivity index (χ0) is 10.8. The Kier molecular flexibility index (Phi) is 2.47. The van der Waals surface area contributed by atoms with Gasteiger partial charge in [-0.1, -0.05) is 6.07 Å². The average molecular weight is 209 g/mol. The number of rotatable bonds is 2. The quantitative estimate of drug-likeness (QED) is 0.779. The first kappa shape index (κ1) is 9.79. The van der Waals surface area contributed by atoms with Crippen LogP contribution in [0.2, 0.25) is 0 Å². The number of hydrogen-bond acceptors (Lipinski definition) is 4. The summed E-state index contributed by atoms with van der Waals surface area (Å²) >= 11 is 0. The largest absolute Gasteiger partial charge is 0.506 e. The normalized spacial score (nSPS) is 14.7. The van der Waals surface area contributed by atoms with E-state index >= 15 is 0 Å². The number of anilines is 1. The number of nitrogens with zero attached hydrogens (tertiary/aromatic N) is 1.